The van der Waals surface area contributed by atoms with E-state index in [1.54, 1.807) is 0 Å². The second-order valence-corrected chi connectivity index (χ2v) is 5.37. The van der Waals surface area contributed by atoms with Crippen LogP contribution in [0.2, 0.25) is 0 Å². The minimum atomic E-state index is -0.0684. The smallest absolute Gasteiger partial charge is 0.128 e. The molecule has 21 heavy (non-hydrogen) atoms. The van der Waals surface area contributed by atoms with Crippen molar-refractivity contribution in [2.24, 2.45) is 11.8 Å². The normalized spacial score (nSPS) is 26.4. The summed E-state index contributed by atoms with van der Waals surface area (Å²) in [5.41, 5.74) is 1.29. The second kappa shape index (κ2) is 9.04. The first kappa shape index (κ1) is 18.0. The van der Waals surface area contributed by atoms with E-state index in [4.69, 9.17) is 0 Å². The summed E-state index contributed by atoms with van der Waals surface area (Å²) in [6.45, 7) is 12.1. The number of aryl methyl sites for hydroxylation is 1. The van der Waals surface area contributed by atoms with Gasteiger partial charge >= 0.3 is 0 Å². The molecule has 1 aromatic heterocycles. The van der Waals surface area contributed by atoms with Gasteiger partial charge in [-0.3, -0.25) is 0 Å². The fourth-order valence-corrected chi connectivity index (χ4v) is 3.19. The van der Waals surface area contributed by atoms with Crippen LogP contribution in [0.15, 0.2) is 18.3 Å². The maximum atomic E-state index is 10.0. The summed E-state index contributed by atoms with van der Waals surface area (Å²) in [4.78, 5) is 6.88. The zero-order chi connectivity index (χ0) is 15.8. The molecular weight excluding hydrogens is 260 g/mol. The Kier molecular flexibility index (Phi) is 7.73. The first-order valence-electron chi connectivity index (χ1n) is 8.66. The van der Waals surface area contributed by atoms with Crippen LogP contribution in [-0.4, -0.2) is 29.3 Å². The number of anilines is 1. The Labute approximate surface area is 130 Å². The van der Waals surface area contributed by atoms with E-state index < -0.39 is 0 Å². The Morgan fingerprint density at radius 3 is 2.10 bits per heavy atom. The van der Waals surface area contributed by atoms with Crippen LogP contribution in [0.4, 0.5) is 5.82 Å². The van der Waals surface area contributed by atoms with Crippen molar-refractivity contribution in [3.8, 4) is 0 Å². The van der Waals surface area contributed by atoms with Crippen LogP contribution in [0.3, 0.4) is 0 Å². The Morgan fingerprint density at radius 1 is 1.10 bits per heavy atom. The topological polar surface area (TPSA) is 36.4 Å². The minimum absolute atomic E-state index is 0.0684. The van der Waals surface area contributed by atoms with Crippen LogP contribution < -0.4 is 4.90 Å². The van der Waals surface area contributed by atoms with Crippen LogP contribution in [0.25, 0.3) is 0 Å². The first-order chi connectivity index (χ1) is 10.3. The standard InChI is InChI=1S/C14H20N2O.2C2H6/c1-2-10-3-6-13(15-7-10)16-8-11-4-5-12(9-16)14(11)17;2*1-2/h3,6-7,11-12,14,17H,2,4-5,8-9H2,1H3;2*1-2H3. The predicted octanol–water partition coefficient (Wildman–Crippen LogP) is 3.90. The van der Waals surface area contributed by atoms with Gasteiger partial charge in [-0.1, -0.05) is 40.7 Å². The lowest BCUT2D eigenvalue weighted by Gasteiger charge is -2.36. The molecule has 1 aliphatic heterocycles. The molecule has 0 radical (unpaired) electrons. The number of pyridine rings is 1. The second-order valence-electron chi connectivity index (χ2n) is 5.37. The number of aliphatic hydroxyl groups excluding tert-OH is 1. The number of aliphatic hydroxyl groups is 1. The van der Waals surface area contributed by atoms with E-state index in [-0.39, 0.29) is 6.10 Å². The largest absolute Gasteiger partial charge is 0.392 e. The summed E-state index contributed by atoms with van der Waals surface area (Å²) in [6.07, 6.45) is 5.30. The monoisotopic (exact) mass is 292 g/mol. The van der Waals surface area contributed by atoms with Gasteiger partial charge in [0, 0.05) is 31.1 Å². The van der Waals surface area contributed by atoms with Crippen molar-refractivity contribution in [3.05, 3.63) is 23.9 Å². The number of hydrogen-bond acceptors (Lipinski definition) is 3. The maximum Gasteiger partial charge on any atom is 0.128 e. The van der Waals surface area contributed by atoms with Gasteiger partial charge < -0.3 is 10.0 Å². The quantitative estimate of drug-likeness (QED) is 0.898. The summed E-state index contributed by atoms with van der Waals surface area (Å²) in [5, 5.41) is 10.0. The molecule has 3 heteroatoms. The Hall–Kier alpha value is -1.09. The van der Waals surface area contributed by atoms with Gasteiger partial charge in [-0.05, 0) is 30.9 Å². The number of rotatable bonds is 2. The van der Waals surface area contributed by atoms with E-state index in [9.17, 15) is 5.11 Å². The van der Waals surface area contributed by atoms with Crippen LogP contribution in [0, 0.1) is 11.8 Å². The van der Waals surface area contributed by atoms with Gasteiger partial charge in [-0.15, -0.1) is 0 Å². The maximum absolute atomic E-state index is 10.0. The highest BCUT2D eigenvalue weighted by molar-refractivity contribution is 5.40. The van der Waals surface area contributed by atoms with Crippen molar-refractivity contribution in [3.63, 3.8) is 0 Å². The fraction of sp³-hybridized carbons (Fsp3) is 0.722. The highest BCUT2D eigenvalue weighted by Gasteiger charge is 2.41. The number of fused-ring (bicyclic) bond motifs is 2. The van der Waals surface area contributed by atoms with Gasteiger partial charge in [0.2, 0.25) is 0 Å². The van der Waals surface area contributed by atoms with E-state index >= 15 is 0 Å². The number of piperidine rings is 1. The highest BCUT2D eigenvalue weighted by Crippen LogP contribution is 2.37. The van der Waals surface area contributed by atoms with Gasteiger partial charge in [-0.2, -0.15) is 0 Å². The van der Waals surface area contributed by atoms with Crippen LogP contribution in [0.1, 0.15) is 53.0 Å². The zero-order valence-corrected chi connectivity index (χ0v) is 14.3. The molecule has 2 unspecified atom stereocenters. The predicted molar refractivity (Wildman–Crippen MR) is 90.7 cm³/mol. The van der Waals surface area contributed by atoms with Crippen molar-refractivity contribution < 1.29 is 5.11 Å². The molecule has 2 fully saturated rings. The lowest BCUT2D eigenvalue weighted by atomic mass is 9.95. The molecule has 2 aliphatic rings. The number of nitrogens with zero attached hydrogens (tertiary/aromatic N) is 2. The van der Waals surface area contributed by atoms with Crippen molar-refractivity contribution in [1.82, 2.24) is 4.98 Å². The molecule has 3 rings (SSSR count). The molecule has 1 N–H and O–H groups in total. The molecule has 1 aliphatic carbocycles. The van der Waals surface area contributed by atoms with Crippen LogP contribution in [-0.2, 0) is 6.42 Å². The molecule has 1 saturated heterocycles. The SMILES string of the molecule is CC.CC.CCc1ccc(N2CC3CCC(C2)C3O)nc1. The molecule has 2 heterocycles. The molecule has 0 amide bonds. The van der Waals surface area contributed by atoms with Crippen molar-refractivity contribution in [2.75, 3.05) is 18.0 Å². The van der Waals surface area contributed by atoms with Gasteiger partial charge in [-0.25, -0.2) is 4.98 Å². The van der Waals surface area contributed by atoms with Gasteiger partial charge in [0.15, 0.2) is 0 Å². The van der Waals surface area contributed by atoms with Crippen molar-refractivity contribution in [1.29, 1.82) is 0 Å². The molecule has 1 saturated carbocycles. The molecular formula is C18H32N2O. The Morgan fingerprint density at radius 2 is 1.67 bits per heavy atom. The summed E-state index contributed by atoms with van der Waals surface area (Å²) >= 11 is 0. The zero-order valence-electron chi connectivity index (χ0n) is 14.3. The van der Waals surface area contributed by atoms with E-state index in [0.29, 0.717) is 11.8 Å². The van der Waals surface area contributed by atoms with Gasteiger partial charge in [0.1, 0.15) is 5.82 Å². The van der Waals surface area contributed by atoms with Crippen LogP contribution >= 0.6 is 0 Å². The average Bonchev–Trinajstić information content (AvgIpc) is 2.80. The third-order valence-electron chi connectivity index (χ3n) is 4.33. The Balaban J connectivity index is 0.000000510. The fourth-order valence-electron chi connectivity index (χ4n) is 3.19. The van der Waals surface area contributed by atoms with E-state index in [1.165, 1.54) is 18.4 Å². The lowest BCUT2D eigenvalue weighted by Crippen LogP contribution is -2.45. The number of aromatic nitrogens is 1. The molecule has 120 valence electrons. The van der Waals surface area contributed by atoms with Crippen LogP contribution in [0.5, 0.6) is 0 Å². The molecule has 2 atom stereocenters. The third-order valence-corrected chi connectivity index (χ3v) is 4.33. The first-order valence-corrected chi connectivity index (χ1v) is 8.66. The molecule has 0 aromatic carbocycles. The van der Waals surface area contributed by atoms with E-state index in [0.717, 1.165) is 25.3 Å². The summed E-state index contributed by atoms with van der Waals surface area (Å²) < 4.78 is 0. The lowest BCUT2D eigenvalue weighted by molar-refractivity contribution is 0.0790. The average molecular weight is 292 g/mol. The summed E-state index contributed by atoms with van der Waals surface area (Å²) in [6, 6.07) is 4.28. The van der Waals surface area contributed by atoms with Gasteiger partial charge in [0.25, 0.3) is 0 Å². The van der Waals surface area contributed by atoms with Crippen molar-refractivity contribution in [2.45, 2.75) is 60.0 Å². The minimum Gasteiger partial charge on any atom is -0.392 e. The summed E-state index contributed by atoms with van der Waals surface area (Å²) in [7, 11) is 0. The van der Waals surface area contributed by atoms with E-state index in [1.807, 2.05) is 33.9 Å². The summed E-state index contributed by atoms with van der Waals surface area (Å²) in [5.74, 6) is 1.99. The highest BCUT2D eigenvalue weighted by atomic mass is 16.3. The third kappa shape index (κ3) is 4.19. The Bertz CT molecular complexity index is 377. The molecule has 0 spiro atoms. The van der Waals surface area contributed by atoms with Gasteiger partial charge in [0.05, 0.1) is 6.10 Å². The molecule has 3 nitrogen and oxygen atoms in total. The van der Waals surface area contributed by atoms with E-state index in [2.05, 4.69) is 28.9 Å². The molecule has 1 aromatic rings. The number of hydrogen-bond donors (Lipinski definition) is 1. The molecule has 2 bridgehead atoms. The van der Waals surface area contributed by atoms with Crippen molar-refractivity contribution >= 4 is 5.82 Å².